The highest BCUT2D eigenvalue weighted by Gasteiger charge is 2.78. The molecule has 3 amide bonds. The Hall–Kier alpha value is -4.96. The van der Waals surface area contributed by atoms with E-state index in [0.717, 1.165) is 0 Å². The third-order valence-corrected chi connectivity index (χ3v) is 8.65. The van der Waals surface area contributed by atoms with Crippen molar-refractivity contribution in [3.05, 3.63) is 91.0 Å². The predicted octanol–water partition coefficient (Wildman–Crippen LogP) is 3.08. The van der Waals surface area contributed by atoms with E-state index in [1.165, 1.54) is 0 Å². The number of carbonyl (C=O) groups is 6. The lowest BCUT2D eigenvalue weighted by atomic mass is 9.43. The average molecular weight is 579 g/mol. The van der Waals surface area contributed by atoms with Crippen LogP contribution in [0, 0.1) is 16.2 Å². The molecule has 4 aliphatic rings. The summed E-state index contributed by atoms with van der Waals surface area (Å²) in [6, 6.07) is 25.9. The Kier molecular flexibility index (Phi) is 7.01. The van der Waals surface area contributed by atoms with Crippen molar-refractivity contribution in [3.8, 4) is 0 Å². The minimum absolute atomic E-state index is 0.0652. The fraction of sp³-hybridized carbons (Fsp3) is 0.273. The lowest BCUT2D eigenvalue weighted by Crippen LogP contribution is -2.82. The zero-order valence-electron chi connectivity index (χ0n) is 23.3. The van der Waals surface area contributed by atoms with Gasteiger partial charge in [-0.1, -0.05) is 54.6 Å². The van der Waals surface area contributed by atoms with Gasteiger partial charge in [0.1, 0.15) is 16.2 Å². The highest BCUT2D eigenvalue weighted by atomic mass is 16.2. The number of hydrogen-bond acceptors (Lipinski definition) is 7. The largest absolute Gasteiger partial charge is 0.326 e. The lowest BCUT2D eigenvalue weighted by Gasteiger charge is -2.63. The number of rotatable bonds is 9. The lowest BCUT2D eigenvalue weighted by molar-refractivity contribution is -0.195. The van der Waals surface area contributed by atoms with Crippen LogP contribution in [0.1, 0.15) is 19.3 Å². The first-order chi connectivity index (χ1) is 20.7. The van der Waals surface area contributed by atoms with E-state index in [-0.39, 0.29) is 19.6 Å². The molecule has 0 aromatic heterocycles. The Labute approximate surface area is 247 Å². The van der Waals surface area contributed by atoms with Crippen LogP contribution < -0.4 is 16.0 Å². The van der Waals surface area contributed by atoms with Crippen LogP contribution in [0.5, 0.6) is 0 Å². The number of anilines is 3. The summed E-state index contributed by atoms with van der Waals surface area (Å²) in [5.74, 6) is -3.90. The monoisotopic (exact) mass is 578 g/mol. The smallest absolute Gasteiger partial charge is 0.225 e. The van der Waals surface area contributed by atoms with Gasteiger partial charge < -0.3 is 16.0 Å². The molecule has 43 heavy (non-hydrogen) atoms. The Balaban J connectivity index is 1.36. The van der Waals surface area contributed by atoms with Crippen molar-refractivity contribution in [1.82, 2.24) is 4.90 Å². The molecule has 3 aromatic carbocycles. The first kappa shape index (κ1) is 28.2. The van der Waals surface area contributed by atoms with Gasteiger partial charge in [-0.3, -0.25) is 33.7 Å². The molecule has 1 aliphatic carbocycles. The van der Waals surface area contributed by atoms with E-state index in [9.17, 15) is 28.8 Å². The SMILES string of the molecule is O=C(CC12CN3CC(CC(=O)Nc4ccccc4)(C1=O)C(=O)C(CC(=O)Nc1ccccc1)(C3)C2=O)Nc1ccccc1. The number of carbonyl (C=O) groups excluding carboxylic acids is 6. The first-order valence-corrected chi connectivity index (χ1v) is 14.1. The Bertz CT molecular complexity index is 1410. The molecule has 3 aromatic rings. The number of benzene rings is 3. The number of nitrogens with one attached hydrogen (secondary N) is 3. The van der Waals surface area contributed by atoms with E-state index in [4.69, 9.17) is 0 Å². The van der Waals surface area contributed by atoms with Crippen molar-refractivity contribution in [2.75, 3.05) is 35.6 Å². The Morgan fingerprint density at radius 1 is 0.488 bits per heavy atom. The summed E-state index contributed by atoms with van der Waals surface area (Å²) >= 11 is 0. The number of nitrogens with zero attached hydrogens (tertiary/aromatic N) is 1. The van der Waals surface area contributed by atoms with E-state index >= 15 is 0 Å². The second-order valence-corrected chi connectivity index (χ2v) is 11.7. The van der Waals surface area contributed by atoms with Gasteiger partial charge in [0.05, 0.1) is 0 Å². The van der Waals surface area contributed by atoms with Crippen molar-refractivity contribution in [1.29, 1.82) is 0 Å². The molecule has 0 unspecified atom stereocenters. The van der Waals surface area contributed by atoms with Crippen molar-refractivity contribution in [3.63, 3.8) is 0 Å². The minimum atomic E-state index is -1.89. The molecule has 3 heterocycles. The van der Waals surface area contributed by atoms with E-state index in [1.807, 2.05) is 0 Å². The summed E-state index contributed by atoms with van der Waals surface area (Å²) < 4.78 is 0. The summed E-state index contributed by atoms with van der Waals surface area (Å²) in [7, 11) is 0. The van der Waals surface area contributed by atoms with Crippen molar-refractivity contribution in [2.45, 2.75) is 19.3 Å². The molecule has 0 radical (unpaired) electrons. The molecule has 1 saturated carbocycles. The zero-order chi connectivity index (χ0) is 30.2. The molecule has 4 bridgehead atoms. The third-order valence-electron chi connectivity index (χ3n) is 8.65. The summed E-state index contributed by atoms with van der Waals surface area (Å²) in [5.41, 5.74) is -4.19. The van der Waals surface area contributed by atoms with Gasteiger partial charge in [0.15, 0.2) is 17.3 Å². The van der Waals surface area contributed by atoms with Crippen molar-refractivity contribution < 1.29 is 28.8 Å². The van der Waals surface area contributed by atoms with Gasteiger partial charge >= 0.3 is 0 Å². The molecule has 0 spiro atoms. The number of piperidine rings is 3. The second kappa shape index (κ2) is 10.7. The average Bonchev–Trinajstić information content (AvgIpc) is 2.98. The van der Waals surface area contributed by atoms with E-state index in [2.05, 4.69) is 16.0 Å². The van der Waals surface area contributed by atoms with Crippen LogP contribution in [0.4, 0.5) is 17.1 Å². The number of Topliss-reactive ketones (excluding diaryl/α,β-unsaturated/α-hetero) is 3. The van der Waals surface area contributed by atoms with Gasteiger partial charge in [0.25, 0.3) is 0 Å². The third kappa shape index (κ3) is 4.83. The highest BCUT2D eigenvalue weighted by Crippen LogP contribution is 2.59. The molecular weight excluding hydrogens is 548 g/mol. The maximum absolute atomic E-state index is 14.4. The van der Waals surface area contributed by atoms with E-state index in [1.54, 1.807) is 95.9 Å². The minimum Gasteiger partial charge on any atom is -0.326 e. The van der Waals surface area contributed by atoms with E-state index < -0.39 is 70.6 Å². The van der Waals surface area contributed by atoms with Crippen LogP contribution in [0.25, 0.3) is 0 Å². The van der Waals surface area contributed by atoms with Crippen LogP contribution in [0.2, 0.25) is 0 Å². The van der Waals surface area contributed by atoms with Gasteiger partial charge in [-0.2, -0.15) is 0 Å². The Morgan fingerprint density at radius 2 is 0.744 bits per heavy atom. The molecular formula is C33H30N4O6. The molecule has 218 valence electrons. The van der Waals surface area contributed by atoms with Crippen LogP contribution in [0.15, 0.2) is 91.0 Å². The van der Waals surface area contributed by atoms with Gasteiger partial charge in [-0.25, -0.2) is 0 Å². The molecule has 4 fully saturated rings. The highest BCUT2D eigenvalue weighted by molar-refractivity contribution is 6.35. The summed E-state index contributed by atoms with van der Waals surface area (Å²) in [6.07, 6.45) is -1.52. The zero-order valence-corrected chi connectivity index (χ0v) is 23.3. The normalized spacial score (nSPS) is 27.1. The molecule has 3 aliphatic heterocycles. The van der Waals surface area contributed by atoms with Gasteiger partial charge in [-0.15, -0.1) is 0 Å². The molecule has 7 rings (SSSR count). The number of hydrogen-bond donors (Lipinski definition) is 3. The molecule has 3 N–H and O–H groups in total. The summed E-state index contributed by atoms with van der Waals surface area (Å²) in [4.78, 5) is 85.0. The summed E-state index contributed by atoms with van der Waals surface area (Å²) in [5, 5.41) is 8.21. The van der Waals surface area contributed by atoms with Gasteiger partial charge in [0.2, 0.25) is 17.7 Å². The van der Waals surface area contributed by atoms with Crippen molar-refractivity contribution in [2.24, 2.45) is 16.2 Å². The molecule has 10 heteroatoms. The maximum atomic E-state index is 14.4. The van der Waals surface area contributed by atoms with Crippen LogP contribution >= 0.6 is 0 Å². The predicted molar refractivity (Wildman–Crippen MR) is 158 cm³/mol. The number of amides is 3. The fourth-order valence-electron chi connectivity index (χ4n) is 7.08. The number of para-hydroxylation sites is 3. The van der Waals surface area contributed by atoms with Crippen LogP contribution in [0.3, 0.4) is 0 Å². The standard InChI is InChI=1S/C33H30N4O6/c38-25(34-22-10-4-1-5-11-22)16-31-19-37-20-32(28(31)41,17-26(39)35-23-12-6-2-7-13-23)30(43)33(21-37,29(31)42)18-27(40)36-24-14-8-3-9-15-24/h1-15H,16-21H2,(H,34,38)(H,35,39)(H,36,40). The quantitative estimate of drug-likeness (QED) is 0.331. The van der Waals surface area contributed by atoms with E-state index in [0.29, 0.717) is 17.1 Å². The van der Waals surface area contributed by atoms with Crippen LogP contribution in [-0.2, 0) is 28.8 Å². The van der Waals surface area contributed by atoms with Gasteiger partial charge in [0, 0.05) is 56.0 Å². The number of ketones is 3. The maximum Gasteiger partial charge on any atom is 0.225 e. The molecule has 10 nitrogen and oxygen atoms in total. The van der Waals surface area contributed by atoms with Crippen molar-refractivity contribution >= 4 is 52.1 Å². The second-order valence-electron chi connectivity index (χ2n) is 11.7. The Morgan fingerprint density at radius 3 is 1.00 bits per heavy atom. The van der Waals surface area contributed by atoms with Crippen LogP contribution in [-0.4, -0.2) is 59.6 Å². The molecule has 0 atom stereocenters. The summed E-state index contributed by atoms with van der Waals surface area (Å²) in [6.45, 7) is -0.196. The fourth-order valence-corrected chi connectivity index (χ4v) is 7.08. The van der Waals surface area contributed by atoms with Gasteiger partial charge in [-0.05, 0) is 36.4 Å². The topological polar surface area (TPSA) is 142 Å². The first-order valence-electron chi connectivity index (χ1n) is 14.1. The molecule has 3 saturated heterocycles.